The Kier molecular flexibility index (Phi) is 2.82. The number of ketones is 1. The van der Waals surface area contributed by atoms with Gasteiger partial charge in [0, 0.05) is 5.56 Å². The summed E-state index contributed by atoms with van der Waals surface area (Å²) < 4.78 is 1.53. The Morgan fingerprint density at radius 3 is 2.30 bits per heavy atom. The van der Waals surface area contributed by atoms with Crippen LogP contribution in [0.1, 0.15) is 33.1 Å². The molecule has 0 fully saturated rings. The highest BCUT2D eigenvalue weighted by Crippen LogP contribution is 2.15. The van der Waals surface area contributed by atoms with Gasteiger partial charge in [0.2, 0.25) is 5.78 Å². The summed E-state index contributed by atoms with van der Waals surface area (Å²) in [6.07, 6.45) is 0. The number of aryl methyl sites for hydroxylation is 3. The molecule has 0 aliphatic rings. The van der Waals surface area contributed by atoms with Gasteiger partial charge in [-0.3, -0.25) is 4.79 Å². The first-order chi connectivity index (χ1) is 9.58. The van der Waals surface area contributed by atoms with Gasteiger partial charge in [-0.05, 0) is 20.8 Å². The number of hydrogen-bond donors (Lipinski definition) is 0. The van der Waals surface area contributed by atoms with Crippen LogP contribution >= 0.6 is 0 Å². The lowest BCUT2D eigenvalue weighted by molar-refractivity contribution is 0.103. The van der Waals surface area contributed by atoms with E-state index < -0.39 is 0 Å². The molecule has 0 unspecified atom stereocenters. The Morgan fingerprint density at radius 2 is 1.60 bits per heavy atom. The number of imidazole rings is 1. The molecule has 3 rings (SSSR count). The van der Waals surface area contributed by atoms with Crippen LogP contribution in [0, 0.1) is 20.8 Å². The highest BCUT2D eigenvalue weighted by atomic mass is 16.1. The van der Waals surface area contributed by atoms with Crippen molar-refractivity contribution in [3.8, 4) is 0 Å². The van der Waals surface area contributed by atoms with Gasteiger partial charge in [0.25, 0.3) is 5.78 Å². The summed E-state index contributed by atoms with van der Waals surface area (Å²) in [5.41, 5.74) is 3.35. The zero-order valence-corrected chi connectivity index (χ0v) is 11.6. The van der Waals surface area contributed by atoms with Crippen molar-refractivity contribution in [2.75, 3.05) is 0 Å². The largest absolute Gasteiger partial charge is 0.287 e. The Hall–Kier alpha value is -2.56. The molecule has 0 bridgehead atoms. The fourth-order valence-corrected chi connectivity index (χ4v) is 2.11. The zero-order chi connectivity index (χ0) is 14.3. The average molecular weight is 266 g/mol. The average Bonchev–Trinajstić information content (AvgIpc) is 2.75. The maximum absolute atomic E-state index is 12.6. The van der Waals surface area contributed by atoms with Gasteiger partial charge < -0.3 is 0 Å². The van der Waals surface area contributed by atoms with E-state index in [1.54, 1.807) is 19.1 Å². The minimum absolute atomic E-state index is 0.0897. The highest BCUT2D eigenvalue weighted by molar-refractivity contribution is 6.08. The molecule has 2 aromatic heterocycles. The van der Waals surface area contributed by atoms with Crippen LogP contribution in [0.25, 0.3) is 5.78 Å². The first kappa shape index (κ1) is 12.5. The molecular weight excluding hydrogens is 252 g/mol. The molecule has 20 heavy (non-hydrogen) atoms. The number of fused-ring (bicyclic) bond motifs is 1. The van der Waals surface area contributed by atoms with Crippen LogP contribution in [-0.4, -0.2) is 25.4 Å². The summed E-state index contributed by atoms with van der Waals surface area (Å²) in [5.74, 6) is 0.373. The van der Waals surface area contributed by atoms with Crippen LogP contribution in [-0.2, 0) is 0 Å². The number of nitrogens with zero attached hydrogens (tertiary/aromatic N) is 4. The standard InChI is InChI=1S/C15H14N4O/c1-9-10(2)18-19-13(11(3)17-15(19)16-9)14(20)12-7-5-4-6-8-12/h4-8H,1-3H3. The van der Waals surface area contributed by atoms with Crippen LogP contribution < -0.4 is 0 Å². The molecule has 0 spiro atoms. The van der Waals surface area contributed by atoms with Crippen molar-refractivity contribution in [1.82, 2.24) is 19.6 Å². The van der Waals surface area contributed by atoms with Gasteiger partial charge in [0.05, 0.1) is 17.1 Å². The van der Waals surface area contributed by atoms with Gasteiger partial charge in [-0.15, -0.1) is 0 Å². The molecule has 100 valence electrons. The van der Waals surface area contributed by atoms with E-state index in [1.807, 2.05) is 32.0 Å². The van der Waals surface area contributed by atoms with Crippen molar-refractivity contribution in [1.29, 1.82) is 0 Å². The summed E-state index contributed by atoms with van der Waals surface area (Å²) in [6.45, 7) is 5.55. The molecule has 0 aliphatic heterocycles. The fourth-order valence-electron chi connectivity index (χ4n) is 2.11. The number of carbonyl (C=O) groups is 1. The predicted molar refractivity (Wildman–Crippen MR) is 74.9 cm³/mol. The molecule has 5 nitrogen and oxygen atoms in total. The Labute approximate surface area is 116 Å². The molecular formula is C15H14N4O. The summed E-state index contributed by atoms with van der Waals surface area (Å²) in [4.78, 5) is 21.3. The molecule has 0 saturated heterocycles. The van der Waals surface area contributed by atoms with Crippen LogP contribution in [0.15, 0.2) is 30.3 Å². The van der Waals surface area contributed by atoms with E-state index in [0.717, 1.165) is 11.4 Å². The number of rotatable bonds is 2. The SMILES string of the molecule is Cc1nc2nc(C)c(C(=O)c3ccccc3)n2nc1C. The van der Waals surface area contributed by atoms with E-state index in [0.29, 0.717) is 22.7 Å². The van der Waals surface area contributed by atoms with Gasteiger partial charge in [-0.2, -0.15) is 9.61 Å². The Balaban J connectivity index is 2.24. The molecule has 0 saturated carbocycles. The molecule has 3 aromatic rings. The van der Waals surface area contributed by atoms with Crippen LogP contribution in [0.2, 0.25) is 0 Å². The molecule has 0 amide bonds. The van der Waals surface area contributed by atoms with E-state index >= 15 is 0 Å². The second kappa shape index (κ2) is 4.52. The van der Waals surface area contributed by atoms with Crippen molar-refractivity contribution in [3.05, 3.63) is 58.7 Å². The molecule has 1 aromatic carbocycles. The summed E-state index contributed by atoms with van der Waals surface area (Å²) in [6, 6.07) is 9.14. The molecule has 2 heterocycles. The third-order valence-corrected chi connectivity index (χ3v) is 3.30. The number of hydrogen-bond acceptors (Lipinski definition) is 4. The topological polar surface area (TPSA) is 60.2 Å². The first-order valence-corrected chi connectivity index (χ1v) is 6.38. The van der Waals surface area contributed by atoms with Crippen molar-refractivity contribution in [2.24, 2.45) is 0 Å². The van der Waals surface area contributed by atoms with Crippen LogP contribution in [0.5, 0.6) is 0 Å². The number of benzene rings is 1. The van der Waals surface area contributed by atoms with Gasteiger partial charge in [0.15, 0.2) is 0 Å². The summed E-state index contributed by atoms with van der Waals surface area (Å²) >= 11 is 0. The Morgan fingerprint density at radius 1 is 0.950 bits per heavy atom. The van der Waals surface area contributed by atoms with E-state index in [-0.39, 0.29) is 5.78 Å². The molecule has 0 N–H and O–H groups in total. The normalized spacial score (nSPS) is 10.9. The number of aromatic nitrogens is 4. The number of carbonyl (C=O) groups excluding carboxylic acids is 1. The van der Waals surface area contributed by atoms with E-state index in [4.69, 9.17) is 0 Å². The lowest BCUT2D eigenvalue weighted by Gasteiger charge is -2.03. The maximum atomic E-state index is 12.6. The minimum atomic E-state index is -0.0897. The smallest absolute Gasteiger partial charge is 0.251 e. The highest BCUT2D eigenvalue weighted by Gasteiger charge is 2.20. The third-order valence-electron chi connectivity index (χ3n) is 3.30. The minimum Gasteiger partial charge on any atom is -0.287 e. The molecule has 0 radical (unpaired) electrons. The summed E-state index contributed by atoms with van der Waals surface area (Å²) in [7, 11) is 0. The predicted octanol–water partition coefficient (Wildman–Crippen LogP) is 2.28. The second-order valence-electron chi connectivity index (χ2n) is 4.74. The van der Waals surface area contributed by atoms with Crippen molar-refractivity contribution in [2.45, 2.75) is 20.8 Å². The van der Waals surface area contributed by atoms with Gasteiger partial charge in [-0.25, -0.2) is 9.97 Å². The van der Waals surface area contributed by atoms with Gasteiger partial charge in [0.1, 0.15) is 5.69 Å². The quantitative estimate of drug-likeness (QED) is 0.668. The van der Waals surface area contributed by atoms with Gasteiger partial charge in [-0.1, -0.05) is 30.3 Å². The zero-order valence-electron chi connectivity index (χ0n) is 11.6. The monoisotopic (exact) mass is 266 g/mol. The molecule has 0 atom stereocenters. The maximum Gasteiger partial charge on any atom is 0.251 e. The third kappa shape index (κ3) is 1.87. The lowest BCUT2D eigenvalue weighted by atomic mass is 10.1. The van der Waals surface area contributed by atoms with E-state index in [1.165, 1.54) is 4.52 Å². The Bertz CT molecular complexity index is 806. The van der Waals surface area contributed by atoms with Crippen LogP contribution in [0.4, 0.5) is 0 Å². The second-order valence-corrected chi connectivity index (χ2v) is 4.74. The van der Waals surface area contributed by atoms with Crippen molar-refractivity contribution < 1.29 is 4.79 Å². The molecule has 5 heteroatoms. The first-order valence-electron chi connectivity index (χ1n) is 6.38. The summed E-state index contributed by atoms with van der Waals surface area (Å²) in [5, 5.41) is 4.41. The van der Waals surface area contributed by atoms with Gasteiger partial charge >= 0.3 is 0 Å². The lowest BCUT2D eigenvalue weighted by Crippen LogP contribution is -2.10. The molecule has 0 aliphatic carbocycles. The van der Waals surface area contributed by atoms with Crippen molar-refractivity contribution in [3.63, 3.8) is 0 Å². The van der Waals surface area contributed by atoms with E-state index in [9.17, 15) is 4.79 Å². The van der Waals surface area contributed by atoms with Crippen LogP contribution in [0.3, 0.4) is 0 Å². The van der Waals surface area contributed by atoms with Crippen molar-refractivity contribution >= 4 is 11.6 Å². The fraction of sp³-hybridized carbons (Fsp3) is 0.200. The van der Waals surface area contributed by atoms with E-state index in [2.05, 4.69) is 15.1 Å².